The van der Waals surface area contributed by atoms with Gasteiger partial charge in [-0.15, -0.1) is 28.5 Å². The number of aliphatic carboxylic acids is 1. The van der Waals surface area contributed by atoms with Crippen LogP contribution in [0, 0.1) is 10.1 Å². The summed E-state index contributed by atoms with van der Waals surface area (Å²) < 4.78 is 1.48. The summed E-state index contributed by atoms with van der Waals surface area (Å²) in [5.74, 6) is -5.92. The molecule has 0 bridgehead atoms. The zero-order valence-electron chi connectivity index (χ0n) is 31.3. The summed E-state index contributed by atoms with van der Waals surface area (Å²) in [6.45, 7) is 1.88. The summed E-state index contributed by atoms with van der Waals surface area (Å²) in [5.41, 5.74) is -1.97. The van der Waals surface area contributed by atoms with Crippen molar-refractivity contribution >= 4 is 77.2 Å². The lowest BCUT2D eigenvalue weighted by Gasteiger charge is -2.57. The van der Waals surface area contributed by atoms with Gasteiger partial charge in [-0.05, 0) is 30.2 Å². The molecule has 0 unspecified atom stereocenters. The highest BCUT2D eigenvalue weighted by Gasteiger charge is 2.65. The van der Waals surface area contributed by atoms with Gasteiger partial charge in [0.15, 0.2) is 0 Å². The van der Waals surface area contributed by atoms with E-state index in [0.717, 1.165) is 16.7 Å². The first kappa shape index (κ1) is 41.8. The summed E-state index contributed by atoms with van der Waals surface area (Å²) in [5, 5.41) is 31.0. The van der Waals surface area contributed by atoms with Crippen molar-refractivity contribution in [2.24, 2.45) is 0 Å². The number of imide groups is 1. The van der Waals surface area contributed by atoms with Gasteiger partial charge in [0.1, 0.15) is 11.4 Å². The molecule has 3 aliphatic rings. The normalized spacial score (nSPS) is 19.3. The van der Waals surface area contributed by atoms with Crippen LogP contribution in [0.25, 0.3) is 0 Å². The number of aromatic nitrogens is 1. The Bertz CT molecular complexity index is 2260. The van der Waals surface area contributed by atoms with E-state index in [1.807, 2.05) is 0 Å². The first-order valence-corrected chi connectivity index (χ1v) is 19.8. The molecule has 3 N–H and O–H groups in total. The SMILES string of the molecule is CCN1CCN(C(=O)N[C@@H](C(=O)N[C@]2(NC=O)C(=O)N3C(C(=O)[O-])=C(CSc4cc[n+](N(C)C(=O)c5ccc([N+](=O)[O-])cc5)cc4)CS[C@@H]32)c2ccccc2)C(=O)C1=O. The number of rotatable bonds is 14. The van der Waals surface area contributed by atoms with Crippen LogP contribution in [0.5, 0.6) is 0 Å². The number of thioether (sulfide) groups is 2. The zero-order valence-corrected chi connectivity index (χ0v) is 32.9. The number of amides is 8. The number of urea groups is 1. The monoisotopic (exact) mass is 845 g/mol. The van der Waals surface area contributed by atoms with Gasteiger partial charge >= 0.3 is 23.8 Å². The second kappa shape index (κ2) is 17.4. The third-order valence-electron chi connectivity index (χ3n) is 9.71. The van der Waals surface area contributed by atoms with Gasteiger partial charge in [0.05, 0.1) is 23.6 Å². The van der Waals surface area contributed by atoms with E-state index in [1.54, 1.807) is 49.6 Å². The molecular weight excluding hydrogens is 811 g/mol. The number of hydrogen-bond donors (Lipinski definition) is 3. The number of likely N-dealkylation sites (N-methyl/N-ethyl adjacent to an activating group) is 1. The van der Waals surface area contributed by atoms with Gasteiger partial charge in [-0.1, -0.05) is 35.0 Å². The highest BCUT2D eigenvalue weighted by Crippen LogP contribution is 2.46. The summed E-state index contributed by atoms with van der Waals surface area (Å²) in [6.07, 6.45) is 3.35. The van der Waals surface area contributed by atoms with Crippen molar-refractivity contribution in [3.8, 4) is 0 Å². The number of carboxylic acid groups (broad SMARTS) is 1. The Labute approximate surface area is 343 Å². The van der Waals surface area contributed by atoms with Crippen molar-refractivity contribution in [3.05, 3.63) is 112 Å². The molecule has 3 aromatic rings. The number of carboxylic acids is 1. The van der Waals surface area contributed by atoms with Crippen molar-refractivity contribution in [3.63, 3.8) is 0 Å². The highest BCUT2D eigenvalue weighted by molar-refractivity contribution is 8.01. The average Bonchev–Trinajstić information content (AvgIpc) is 3.24. The molecule has 0 radical (unpaired) electrons. The van der Waals surface area contributed by atoms with Crippen molar-refractivity contribution < 1.29 is 53.1 Å². The van der Waals surface area contributed by atoms with E-state index in [1.165, 1.54) is 69.8 Å². The van der Waals surface area contributed by atoms with Crippen LogP contribution in [-0.4, -0.2) is 117 Å². The number of non-ortho nitro benzene ring substituents is 1. The second-order valence-corrected chi connectivity index (χ2v) is 15.2. The van der Waals surface area contributed by atoms with Gasteiger partial charge < -0.3 is 30.8 Å². The fourth-order valence-electron chi connectivity index (χ4n) is 6.57. The van der Waals surface area contributed by atoms with Crippen molar-refractivity contribution in [2.45, 2.75) is 28.9 Å². The molecule has 0 aliphatic carbocycles. The Balaban J connectivity index is 1.16. The van der Waals surface area contributed by atoms with Gasteiger partial charge in [-0.3, -0.25) is 48.7 Å². The van der Waals surface area contributed by atoms with Gasteiger partial charge in [-0.25, -0.2) is 4.79 Å². The largest absolute Gasteiger partial charge is 0.543 e. The van der Waals surface area contributed by atoms with Crippen LogP contribution < -0.4 is 30.7 Å². The third kappa shape index (κ3) is 8.16. The molecule has 0 saturated carbocycles. The molecule has 3 aliphatic heterocycles. The maximum Gasteiger partial charge on any atom is 0.325 e. The number of carbonyl (C=O) groups is 8. The summed E-state index contributed by atoms with van der Waals surface area (Å²) in [6, 6.07) is 13.7. The molecule has 306 valence electrons. The minimum absolute atomic E-state index is 0.0426. The first-order chi connectivity index (χ1) is 28.2. The maximum atomic E-state index is 14.0. The Morgan fingerprint density at radius 3 is 2.32 bits per heavy atom. The van der Waals surface area contributed by atoms with Crippen LogP contribution in [0.3, 0.4) is 0 Å². The number of nitro benzene ring substituents is 1. The Kier molecular flexibility index (Phi) is 12.3. The minimum atomic E-state index is -2.15. The summed E-state index contributed by atoms with van der Waals surface area (Å²) in [7, 11) is 1.51. The number of hydrogen-bond acceptors (Lipinski definition) is 13. The summed E-state index contributed by atoms with van der Waals surface area (Å²) >= 11 is 2.30. The molecule has 20 nitrogen and oxygen atoms in total. The Morgan fingerprint density at radius 2 is 1.71 bits per heavy atom. The molecular formula is C37H35N9O11S2. The third-order valence-corrected chi connectivity index (χ3v) is 12.2. The smallest absolute Gasteiger partial charge is 0.325 e. The van der Waals surface area contributed by atoms with Crippen molar-refractivity contribution in [2.75, 3.05) is 43.2 Å². The number of nitrogens with zero attached hydrogens (tertiary/aromatic N) is 6. The molecule has 2 saturated heterocycles. The Morgan fingerprint density at radius 1 is 1.03 bits per heavy atom. The van der Waals surface area contributed by atoms with E-state index >= 15 is 0 Å². The maximum absolute atomic E-state index is 14.0. The number of β-lactam (4-membered cyclic amide) rings is 1. The molecule has 22 heteroatoms. The van der Waals surface area contributed by atoms with Crippen LogP contribution in [0.2, 0.25) is 0 Å². The molecule has 8 amide bonds. The van der Waals surface area contributed by atoms with Crippen molar-refractivity contribution in [1.29, 1.82) is 0 Å². The number of carbonyl (C=O) groups excluding carboxylic acids is 8. The predicted octanol–water partition coefficient (Wildman–Crippen LogP) is -0.998. The first-order valence-electron chi connectivity index (χ1n) is 17.8. The molecule has 59 heavy (non-hydrogen) atoms. The van der Waals surface area contributed by atoms with E-state index in [2.05, 4.69) is 16.0 Å². The highest BCUT2D eigenvalue weighted by atomic mass is 32.2. The standard InChI is InChI=1S/C37H35N9O11S2/c1-3-42-17-18-44(32(51)31(42)50)36(55)39-27(22-7-5-4-6-8-22)29(48)40-37(38-21-47)34(54)45-28(33(52)53)24(20-59-35(37)45)19-58-26-13-15-43(16-14-26)41(2)30(49)23-9-11-25(12-10-23)46(56)57/h4-16,21,27,35H,3,17-20H2,1-2H3,(H3-,38,39,40,47,48,52,53,55)/t27-,35-,37-/m1/s1. The molecule has 6 rings (SSSR count). The topological polar surface area (TPSA) is 256 Å². The number of pyridine rings is 1. The van der Waals surface area contributed by atoms with E-state index in [4.69, 9.17) is 0 Å². The summed E-state index contributed by atoms with van der Waals surface area (Å²) in [4.78, 5) is 118. The van der Waals surface area contributed by atoms with E-state index in [9.17, 15) is 53.6 Å². The number of piperazine rings is 1. The number of benzene rings is 2. The van der Waals surface area contributed by atoms with E-state index in [0.29, 0.717) is 15.4 Å². The molecule has 4 heterocycles. The number of nitro groups is 1. The van der Waals surface area contributed by atoms with Crippen LogP contribution in [0.1, 0.15) is 28.9 Å². The quantitative estimate of drug-likeness (QED) is 0.0258. The van der Waals surface area contributed by atoms with Crippen LogP contribution in [-0.2, 0) is 28.8 Å². The number of fused-ring (bicyclic) bond motifs is 1. The van der Waals surface area contributed by atoms with Crippen LogP contribution in [0.15, 0.2) is 95.3 Å². The molecule has 2 fully saturated rings. The Hall–Kier alpha value is -6.81. The number of nitrogens with one attached hydrogen (secondary N) is 3. The van der Waals surface area contributed by atoms with Crippen molar-refractivity contribution in [1.82, 2.24) is 30.7 Å². The minimum Gasteiger partial charge on any atom is -0.543 e. The molecule has 0 spiro atoms. The second-order valence-electron chi connectivity index (χ2n) is 13.1. The molecule has 2 aromatic carbocycles. The van der Waals surface area contributed by atoms with Gasteiger partial charge in [0.2, 0.25) is 30.4 Å². The van der Waals surface area contributed by atoms with E-state index in [-0.39, 0.29) is 54.4 Å². The van der Waals surface area contributed by atoms with Gasteiger partial charge in [-0.2, -0.15) is 0 Å². The van der Waals surface area contributed by atoms with Crippen LogP contribution >= 0.6 is 23.5 Å². The fraction of sp³-hybridized carbons (Fsp3) is 0.270. The zero-order chi connectivity index (χ0) is 42.6. The van der Waals surface area contributed by atoms with Gasteiger partial charge in [0.25, 0.3) is 11.6 Å². The molecule has 3 atom stereocenters. The molecule has 1 aromatic heterocycles. The average molecular weight is 846 g/mol. The van der Waals surface area contributed by atoms with E-state index < -0.39 is 69.2 Å². The lowest BCUT2D eigenvalue weighted by atomic mass is 9.94. The lowest BCUT2D eigenvalue weighted by Crippen LogP contribution is -2.85. The fourth-order valence-corrected chi connectivity index (χ4v) is 9.02. The lowest BCUT2D eigenvalue weighted by molar-refractivity contribution is -0.679. The van der Waals surface area contributed by atoms with Crippen LogP contribution in [0.4, 0.5) is 10.5 Å². The predicted molar refractivity (Wildman–Crippen MR) is 206 cm³/mol. The van der Waals surface area contributed by atoms with Gasteiger partial charge in [0, 0.05) is 65.9 Å².